The molecular weight excluding hydrogens is 276 g/mol. The maximum atomic E-state index is 12.4. The van der Waals surface area contributed by atoms with Crippen molar-refractivity contribution in [1.82, 2.24) is 9.88 Å². The van der Waals surface area contributed by atoms with Crippen molar-refractivity contribution in [2.24, 2.45) is 0 Å². The summed E-state index contributed by atoms with van der Waals surface area (Å²) in [4.78, 5) is 29.5. The van der Waals surface area contributed by atoms with E-state index in [1.807, 2.05) is 0 Å². The number of ether oxygens (including phenoxy) is 3. The van der Waals surface area contributed by atoms with Crippen molar-refractivity contribution in [1.29, 1.82) is 0 Å². The highest BCUT2D eigenvalue weighted by Crippen LogP contribution is 2.05. The van der Waals surface area contributed by atoms with Crippen LogP contribution in [-0.4, -0.2) is 69.4 Å². The lowest BCUT2D eigenvalue weighted by Gasteiger charge is -2.21. The van der Waals surface area contributed by atoms with Crippen LogP contribution in [0.15, 0.2) is 18.2 Å². The molecule has 0 fully saturated rings. The van der Waals surface area contributed by atoms with Gasteiger partial charge in [-0.05, 0) is 12.1 Å². The number of amides is 1. The second-order valence-electron chi connectivity index (χ2n) is 4.18. The molecule has 0 unspecified atom stereocenters. The van der Waals surface area contributed by atoms with E-state index in [0.29, 0.717) is 26.3 Å². The number of aromatic nitrogens is 1. The molecule has 0 atom stereocenters. The average Bonchev–Trinajstić information content (AvgIpc) is 2.53. The van der Waals surface area contributed by atoms with Gasteiger partial charge in [0.15, 0.2) is 0 Å². The Hall–Kier alpha value is -1.99. The molecule has 1 aromatic rings. The number of hydrogen-bond acceptors (Lipinski definition) is 6. The molecule has 0 aliphatic heterocycles. The van der Waals surface area contributed by atoms with Gasteiger partial charge in [-0.25, -0.2) is 9.78 Å². The molecular formula is C14H20N2O5. The van der Waals surface area contributed by atoms with Gasteiger partial charge in [0.1, 0.15) is 11.4 Å². The first-order valence-corrected chi connectivity index (χ1v) is 6.46. The molecule has 1 amide bonds. The first-order chi connectivity index (χ1) is 10.1. The van der Waals surface area contributed by atoms with Crippen molar-refractivity contribution >= 4 is 11.9 Å². The number of nitrogens with zero attached hydrogens (tertiary/aromatic N) is 2. The number of methoxy groups -OCH3 is 3. The summed E-state index contributed by atoms with van der Waals surface area (Å²) in [5.41, 5.74) is 0.284. The van der Waals surface area contributed by atoms with Crippen LogP contribution in [0.2, 0.25) is 0 Å². The van der Waals surface area contributed by atoms with Gasteiger partial charge in [-0.15, -0.1) is 0 Å². The lowest BCUT2D eigenvalue weighted by atomic mass is 10.2. The maximum Gasteiger partial charge on any atom is 0.356 e. The lowest BCUT2D eigenvalue weighted by Crippen LogP contribution is -2.37. The topological polar surface area (TPSA) is 78.0 Å². The molecule has 1 aromatic heterocycles. The minimum absolute atomic E-state index is 0.0989. The molecule has 0 bridgehead atoms. The van der Waals surface area contributed by atoms with Crippen LogP contribution < -0.4 is 0 Å². The number of carbonyl (C=O) groups is 2. The third kappa shape index (κ3) is 5.13. The molecule has 116 valence electrons. The van der Waals surface area contributed by atoms with E-state index in [-0.39, 0.29) is 17.3 Å². The first-order valence-electron chi connectivity index (χ1n) is 6.46. The Labute approximate surface area is 123 Å². The molecule has 1 rings (SSSR count). The van der Waals surface area contributed by atoms with Crippen LogP contribution in [0.25, 0.3) is 0 Å². The summed E-state index contributed by atoms with van der Waals surface area (Å²) >= 11 is 0. The van der Waals surface area contributed by atoms with Gasteiger partial charge in [0.05, 0.1) is 20.3 Å². The molecule has 0 aromatic carbocycles. The summed E-state index contributed by atoms with van der Waals surface area (Å²) in [5, 5.41) is 0. The molecule has 0 aliphatic rings. The number of rotatable bonds is 8. The van der Waals surface area contributed by atoms with E-state index in [9.17, 15) is 9.59 Å². The van der Waals surface area contributed by atoms with Gasteiger partial charge in [0.25, 0.3) is 5.91 Å². The Morgan fingerprint density at radius 3 is 2.14 bits per heavy atom. The standard InChI is InChI=1S/C14H20N2O5/c1-19-9-7-16(8-10-20-2)13(17)11-5-4-6-12(15-11)14(18)21-3/h4-6H,7-10H2,1-3H3. The zero-order chi connectivity index (χ0) is 15.7. The minimum atomic E-state index is -0.579. The summed E-state index contributed by atoms with van der Waals surface area (Å²) in [5.74, 6) is -0.861. The van der Waals surface area contributed by atoms with Gasteiger partial charge < -0.3 is 19.1 Å². The fourth-order valence-electron chi connectivity index (χ4n) is 1.65. The third-order valence-corrected chi connectivity index (χ3v) is 2.78. The zero-order valence-corrected chi connectivity index (χ0v) is 12.5. The number of pyridine rings is 1. The smallest absolute Gasteiger partial charge is 0.356 e. The van der Waals surface area contributed by atoms with E-state index >= 15 is 0 Å². The van der Waals surface area contributed by atoms with Crippen molar-refractivity contribution in [3.63, 3.8) is 0 Å². The van der Waals surface area contributed by atoms with Gasteiger partial charge in [-0.1, -0.05) is 6.07 Å². The Morgan fingerprint density at radius 1 is 1.05 bits per heavy atom. The van der Waals surface area contributed by atoms with Gasteiger partial charge in [-0.2, -0.15) is 0 Å². The monoisotopic (exact) mass is 296 g/mol. The highest BCUT2D eigenvalue weighted by Gasteiger charge is 2.18. The van der Waals surface area contributed by atoms with E-state index in [4.69, 9.17) is 9.47 Å². The Kier molecular flexibility index (Phi) is 7.34. The van der Waals surface area contributed by atoms with Crippen LogP contribution in [0, 0.1) is 0 Å². The van der Waals surface area contributed by atoms with Gasteiger partial charge in [-0.3, -0.25) is 4.79 Å². The van der Waals surface area contributed by atoms with Crippen LogP contribution in [0.3, 0.4) is 0 Å². The molecule has 0 radical (unpaired) electrons. The molecule has 1 heterocycles. The summed E-state index contributed by atoms with van der Waals surface area (Å²) in [7, 11) is 4.40. The predicted molar refractivity (Wildman–Crippen MR) is 75.2 cm³/mol. The van der Waals surface area contributed by atoms with Gasteiger partial charge in [0, 0.05) is 27.3 Å². The molecule has 7 heteroatoms. The highest BCUT2D eigenvalue weighted by atomic mass is 16.5. The van der Waals surface area contributed by atoms with E-state index in [1.165, 1.54) is 13.2 Å². The fourth-order valence-corrected chi connectivity index (χ4v) is 1.65. The van der Waals surface area contributed by atoms with Crippen LogP contribution >= 0.6 is 0 Å². The van der Waals surface area contributed by atoms with E-state index < -0.39 is 5.97 Å². The molecule has 0 aliphatic carbocycles. The molecule has 0 saturated carbocycles. The second kappa shape index (κ2) is 9.04. The van der Waals surface area contributed by atoms with Crippen molar-refractivity contribution in [3.8, 4) is 0 Å². The third-order valence-electron chi connectivity index (χ3n) is 2.78. The molecule has 7 nitrogen and oxygen atoms in total. The number of esters is 1. The number of carbonyl (C=O) groups excluding carboxylic acids is 2. The Morgan fingerprint density at radius 2 is 1.62 bits per heavy atom. The highest BCUT2D eigenvalue weighted by molar-refractivity contribution is 5.94. The van der Waals surface area contributed by atoms with E-state index in [0.717, 1.165) is 0 Å². The first kappa shape index (κ1) is 17.1. The van der Waals surface area contributed by atoms with Crippen molar-refractivity contribution in [2.45, 2.75) is 0 Å². The predicted octanol–water partition coefficient (Wildman–Crippen LogP) is 0.603. The Bertz CT molecular complexity index is 470. The fraction of sp³-hybridized carbons (Fsp3) is 0.500. The zero-order valence-electron chi connectivity index (χ0n) is 12.5. The second-order valence-corrected chi connectivity index (χ2v) is 4.18. The normalized spacial score (nSPS) is 10.2. The minimum Gasteiger partial charge on any atom is -0.464 e. The average molecular weight is 296 g/mol. The summed E-state index contributed by atoms with van der Waals surface area (Å²) < 4.78 is 14.6. The van der Waals surface area contributed by atoms with E-state index in [1.54, 1.807) is 31.3 Å². The van der Waals surface area contributed by atoms with Crippen LogP contribution in [-0.2, 0) is 14.2 Å². The summed E-state index contributed by atoms with van der Waals surface area (Å²) in [6.45, 7) is 1.66. The van der Waals surface area contributed by atoms with Gasteiger partial charge >= 0.3 is 5.97 Å². The van der Waals surface area contributed by atoms with Crippen LogP contribution in [0.1, 0.15) is 21.0 Å². The quantitative estimate of drug-likeness (QED) is 0.654. The summed E-state index contributed by atoms with van der Waals surface area (Å²) in [6.07, 6.45) is 0. The summed E-state index contributed by atoms with van der Waals surface area (Å²) in [6, 6.07) is 4.65. The van der Waals surface area contributed by atoms with Crippen LogP contribution in [0.5, 0.6) is 0 Å². The molecule has 0 spiro atoms. The SMILES string of the molecule is COCCN(CCOC)C(=O)c1cccc(C(=O)OC)n1. The van der Waals surface area contributed by atoms with Crippen molar-refractivity contribution in [2.75, 3.05) is 47.6 Å². The molecule has 21 heavy (non-hydrogen) atoms. The molecule has 0 N–H and O–H groups in total. The maximum absolute atomic E-state index is 12.4. The molecule has 0 saturated heterocycles. The number of hydrogen-bond donors (Lipinski definition) is 0. The lowest BCUT2D eigenvalue weighted by molar-refractivity contribution is 0.0591. The van der Waals surface area contributed by atoms with Gasteiger partial charge in [0.2, 0.25) is 0 Å². The van der Waals surface area contributed by atoms with Crippen molar-refractivity contribution < 1.29 is 23.8 Å². The largest absolute Gasteiger partial charge is 0.464 e. The van der Waals surface area contributed by atoms with Crippen molar-refractivity contribution in [3.05, 3.63) is 29.6 Å². The Balaban J connectivity index is 2.88. The van der Waals surface area contributed by atoms with E-state index in [2.05, 4.69) is 9.72 Å². The van der Waals surface area contributed by atoms with Crippen LogP contribution in [0.4, 0.5) is 0 Å².